The first-order valence-corrected chi connectivity index (χ1v) is 7.31. The third kappa shape index (κ3) is 3.12. The van der Waals surface area contributed by atoms with Crippen molar-refractivity contribution >= 4 is 22.7 Å². The van der Waals surface area contributed by atoms with Gasteiger partial charge in [-0.05, 0) is 12.1 Å². The van der Waals surface area contributed by atoms with Crippen LogP contribution in [0.15, 0.2) is 47.6 Å². The van der Waals surface area contributed by atoms with E-state index in [0.29, 0.717) is 5.82 Å². The zero-order valence-corrected chi connectivity index (χ0v) is 11.2. The molecule has 0 aliphatic carbocycles. The Balaban J connectivity index is 2.02. The minimum atomic E-state index is -3.49. The van der Waals surface area contributed by atoms with E-state index in [0.717, 1.165) is 0 Å². The molecule has 0 radical (unpaired) electrons. The van der Waals surface area contributed by atoms with Gasteiger partial charge in [0.05, 0.1) is 10.1 Å². The summed E-state index contributed by atoms with van der Waals surface area (Å²) in [6.45, 7) is 0.174. The van der Waals surface area contributed by atoms with Gasteiger partial charge in [-0.25, -0.2) is 18.1 Å². The molecule has 0 spiro atoms. The lowest BCUT2D eigenvalue weighted by Gasteiger charge is -2.10. The number of aromatic nitrogens is 2. The molecule has 1 aromatic carbocycles. The van der Waals surface area contributed by atoms with Gasteiger partial charge in [-0.3, -0.25) is 0 Å². The molecule has 0 aliphatic rings. The van der Waals surface area contributed by atoms with Gasteiger partial charge in [-0.1, -0.05) is 18.2 Å². The second-order valence-electron chi connectivity index (χ2n) is 3.66. The number of H-pyrrole nitrogens is 1. The lowest BCUT2D eigenvalue weighted by atomic mass is 10.4. The maximum atomic E-state index is 11.9. The van der Waals surface area contributed by atoms with Crippen molar-refractivity contribution in [2.75, 3.05) is 6.54 Å². The summed E-state index contributed by atoms with van der Waals surface area (Å²) in [5.41, 5.74) is 0. The van der Waals surface area contributed by atoms with Crippen molar-refractivity contribution in [2.24, 2.45) is 0 Å². The molecule has 7 heteroatoms. The van der Waals surface area contributed by atoms with E-state index in [1.54, 1.807) is 42.7 Å². The van der Waals surface area contributed by atoms with Gasteiger partial charge in [0.15, 0.2) is 0 Å². The highest BCUT2D eigenvalue weighted by atomic mass is 32.2. The summed E-state index contributed by atoms with van der Waals surface area (Å²) >= 11 is 4.29. The average Bonchev–Trinajstić information content (AvgIpc) is 2.91. The van der Waals surface area contributed by atoms with E-state index in [2.05, 4.69) is 27.3 Å². The van der Waals surface area contributed by atoms with Crippen LogP contribution >= 0.6 is 12.6 Å². The number of benzene rings is 1. The first kappa shape index (κ1) is 13.1. The standard InChI is InChI=1S/C11H13N3O2S2/c15-18(16,9-4-2-1-3-5-9)14-8-10(17)11-12-6-7-13-11/h1-7,10,14,17H,8H2,(H,12,13). The number of hydrogen-bond donors (Lipinski definition) is 3. The molecule has 96 valence electrons. The molecular weight excluding hydrogens is 270 g/mol. The zero-order valence-electron chi connectivity index (χ0n) is 9.45. The van der Waals surface area contributed by atoms with Crippen molar-refractivity contribution in [1.29, 1.82) is 0 Å². The number of sulfonamides is 1. The Bertz CT molecular complexity index is 582. The fourth-order valence-corrected chi connectivity index (χ4v) is 2.85. The lowest BCUT2D eigenvalue weighted by Crippen LogP contribution is -2.27. The Morgan fingerprint density at radius 3 is 2.67 bits per heavy atom. The van der Waals surface area contributed by atoms with E-state index in [-0.39, 0.29) is 16.7 Å². The van der Waals surface area contributed by atoms with Gasteiger partial charge >= 0.3 is 0 Å². The lowest BCUT2D eigenvalue weighted by molar-refractivity contribution is 0.580. The van der Waals surface area contributed by atoms with Crippen molar-refractivity contribution in [2.45, 2.75) is 10.1 Å². The van der Waals surface area contributed by atoms with Crippen LogP contribution in [0, 0.1) is 0 Å². The summed E-state index contributed by atoms with van der Waals surface area (Å²) in [7, 11) is -3.49. The van der Waals surface area contributed by atoms with Gasteiger partial charge in [-0.2, -0.15) is 12.6 Å². The Kier molecular flexibility index (Phi) is 4.05. The van der Waals surface area contributed by atoms with Gasteiger partial charge < -0.3 is 4.98 Å². The summed E-state index contributed by atoms with van der Waals surface area (Å²) in [6, 6.07) is 8.22. The molecular formula is C11H13N3O2S2. The summed E-state index contributed by atoms with van der Waals surface area (Å²) < 4.78 is 26.4. The quantitative estimate of drug-likeness (QED) is 0.725. The number of aromatic amines is 1. The molecule has 1 aromatic heterocycles. The molecule has 0 aliphatic heterocycles. The number of nitrogens with one attached hydrogen (secondary N) is 2. The van der Waals surface area contributed by atoms with Crippen LogP contribution in [0.3, 0.4) is 0 Å². The molecule has 0 saturated heterocycles. The molecule has 0 saturated carbocycles. The number of imidazole rings is 1. The van der Waals surface area contributed by atoms with Gasteiger partial charge in [0.25, 0.3) is 0 Å². The highest BCUT2D eigenvalue weighted by molar-refractivity contribution is 7.89. The molecule has 1 atom stereocenters. The summed E-state index contributed by atoms with van der Waals surface area (Å²) in [5, 5.41) is -0.307. The van der Waals surface area contributed by atoms with Crippen molar-refractivity contribution in [3.8, 4) is 0 Å². The number of nitrogens with zero attached hydrogens (tertiary/aromatic N) is 1. The topological polar surface area (TPSA) is 74.8 Å². The molecule has 5 nitrogen and oxygen atoms in total. The van der Waals surface area contributed by atoms with Crippen LogP contribution in [0.5, 0.6) is 0 Å². The fraction of sp³-hybridized carbons (Fsp3) is 0.182. The first-order valence-electron chi connectivity index (χ1n) is 5.31. The second kappa shape index (κ2) is 5.55. The van der Waals surface area contributed by atoms with Crippen LogP contribution in [0.4, 0.5) is 0 Å². The molecule has 1 unspecified atom stereocenters. The van der Waals surface area contributed by atoms with Gasteiger partial charge in [0, 0.05) is 18.9 Å². The van der Waals surface area contributed by atoms with E-state index in [1.807, 2.05) is 0 Å². The highest BCUT2D eigenvalue weighted by Gasteiger charge is 2.16. The van der Waals surface area contributed by atoms with Gasteiger partial charge in [0.1, 0.15) is 5.82 Å². The molecule has 18 heavy (non-hydrogen) atoms. The SMILES string of the molecule is O=S(=O)(NCC(S)c1ncc[nH]1)c1ccccc1. The Labute approximate surface area is 111 Å². The molecule has 2 rings (SSSR count). The molecule has 1 heterocycles. The normalized spacial score (nSPS) is 13.4. The van der Waals surface area contributed by atoms with Crippen LogP contribution < -0.4 is 4.72 Å². The Hall–Kier alpha value is -1.31. The van der Waals surface area contributed by atoms with Crippen LogP contribution in [0.2, 0.25) is 0 Å². The predicted octanol–water partition coefficient (Wildman–Crippen LogP) is 1.36. The van der Waals surface area contributed by atoms with E-state index >= 15 is 0 Å². The minimum Gasteiger partial charge on any atom is -0.348 e. The maximum absolute atomic E-state index is 11.9. The number of hydrogen-bond acceptors (Lipinski definition) is 4. The van der Waals surface area contributed by atoms with Crippen molar-refractivity contribution in [3.63, 3.8) is 0 Å². The van der Waals surface area contributed by atoms with Crippen molar-refractivity contribution in [1.82, 2.24) is 14.7 Å². The first-order chi connectivity index (χ1) is 8.59. The predicted molar refractivity (Wildman–Crippen MR) is 71.9 cm³/mol. The summed E-state index contributed by atoms with van der Waals surface area (Å²) in [6.07, 6.45) is 3.27. The van der Waals surface area contributed by atoms with Gasteiger partial charge in [0.2, 0.25) is 10.0 Å². The number of thiol groups is 1. The number of rotatable bonds is 5. The molecule has 2 N–H and O–H groups in total. The monoisotopic (exact) mass is 283 g/mol. The van der Waals surface area contributed by atoms with E-state index in [9.17, 15) is 8.42 Å². The average molecular weight is 283 g/mol. The van der Waals surface area contributed by atoms with Crippen LogP contribution in [0.25, 0.3) is 0 Å². The van der Waals surface area contributed by atoms with E-state index in [4.69, 9.17) is 0 Å². The summed E-state index contributed by atoms with van der Waals surface area (Å²) in [5.74, 6) is 0.633. The smallest absolute Gasteiger partial charge is 0.240 e. The van der Waals surface area contributed by atoms with E-state index in [1.165, 1.54) is 0 Å². The van der Waals surface area contributed by atoms with Gasteiger partial charge in [-0.15, -0.1) is 0 Å². The van der Waals surface area contributed by atoms with Crippen molar-refractivity contribution in [3.05, 3.63) is 48.5 Å². The molecule has 0 fully saturated rings. The largest absolute Gasteiger partial charge is 0.348 e. The third-order valence-electron chi connectivity index (χ3n) is 2.36. The van der Waals surface area contributed by atoms with Crippen LogP contribution in [-0.2, 0) is 10.0 Å². The Morgan fingerprint density at radius 2 is 2.06 bits per heavy atom. The minimum absolute atomic E-state index is 0.174. The molecule has 2 aromatic rings. The highest BCUT2D eigenvalue weighted by Crippen LogP contribution is 2.15. The van der Waals surface area contributed by atoms with Crippen LogP contribution in [0.1, 0.15) is 11.1 Å². The third-order valence-corrected chi connectivity index (χ3v) is 4.22. The molecule has 0 bridgehead atoms. The van der Waals surface area contributed by atoms with E-state index < -0.39 is 10.0 Å². The second-order valence-corrected chi connectivity index (χ2v) is 6.05. The fourth-order valence-electron chi connectivity index (χ4n) is 1.43. The summed E-state index contributed by atoms with van der Waals surface area (Å²) in [4.78, 5) is 7.15. The zero-order chi connectivity index (χ0) is 13.0. The van der Waals surface area contributed by atoms with Crippen molar-refractivity contribution < 1.29 is 8.42 Å². The Morgan fingerprint density at radius 1 is 1.33 bits per heavy atom. The molecule has 0 amide bonds. The van der Waals surface area contributed by atoms with Crippen LogP contribution in [-0.4, -0.2) is 24.9 Å². The maximum Gasteiger partial charge on any atom is 0.240 e.